The van der Waals surface area contributed by atoms with Crippen molar-refractivity contribution in [3.8, 4) is 0 Å². The van der Waals surface area contributed by atoms with Crippen molar-refractivity contribution in [1.82, 2.24) is 0 Å². The summed E-state index contributed by atoms with van der Waals surface area (Å²) in [5, 5.41) is 0. The van der Waals surface area contributed by atoms with Crippen LogP contribution in [0.5, 0.6) is 0 Å². The lowest BCUT2D eigenvalue weighted by molar-refractivity contribution is -0.171. The van der Waals surface area contributed by atoms with Gasteiger partial charge in [0.05, 0.1) is 11.8 Å². The molecule has 2 aliphatic rings. The minimum Gasteiger partial charge on any atom is -0.457 e. The SMILES string of the molecule is CCC(C)(C)C(=O)OC1CC(=O)OC12CCCC2. The summed E-state index contributed by atoms with van der Waals surface area (Å²) in [5.74, 6) is -0.455. The average molecular weight is 254 g/mol. The van der Waals surface area contributed by atoms with Gasteiger partial charge in [0.25, 0.3) is 0 Å². The molecule has 0 aromatic carbocycles. The van der Waals surface area contributed by atoms with Crippen LogP contribution in [-0.4, -0.2) is 23.6 Å². The van der Waals surface area contributed by atoms with E-state index in [9.17, 15) is 9.59 Å². The molecule has 18 heavy (non-hydrogen) atoms. The molecular weight excluding hydrogens is 232 g/mol. The molecule has 1 spiro atoms. The second-order valence-corrected chi connectivity index (χ2v) is 6.08. The van der Waals surface area contributed by atoms with Gasteiger partial charge in [-0.1, -0.05) is 6.92 Å². The van der Waals surface area contributed by atoms with Crippen molar-refractivity contribution in [2.75, 3.05) is 0 Å². The van der Waals surface area contributed by atoms with Gasteiger partial charge < -0.3 is 9.47 Å². The summed E-state index contributed by atoms with van der Waals surface area (Å²) in [6.07, 6.45) is 4.28. The highest BCUT2D eigenvalue weighted by Gasteiger charge is 2.53. The van der Waals surface area contributed by atoms with E-state index in [4.69, 9.17) is 9.47 Å². The summed E-state index contributed by atoms with van der Waals surface area (Å²) >= 11 is 0. The van der Waals surface area contributed by atoms with Crippen LogP contribution in [0.2, 0.25) is 0 Å². The van der Waals surface area contributed by atoms with E-state index in [0.29, 0.717) is 0 Å². The number of hydrogen-bond acceptors (Lipinski definition) is 4. The summed E-state index contributed by atoms with van der Waals surface area (Å²) in [6.45, 7) is 5.70. The van der Waals surface area contributed by atoms with Gasteiger partial charge in [-0.05, 0) is 46.0 Å². The highest BCUT2D eigenvalue weighted by Crippen LogP contribution is 2.43. The third-order valence-corrected chi connectivity index (χ3v) is 4.39. The highest BCUT2D eigenvalue weighted by atomic mass is 16.6. The van der Waals surface area contributed by atoms with Gasteiger partial charge in [-0.15, -0.1) is 0 Å². The molecule has 1 aliphatic heterocycles. The summed E-state index contributed by atoms with van der Waals surface area (Å²) in [6, 6.07) is 0. The number of rotatable bonds is 3. The molecule has 1 atom stereocenters. The third kappa shape index (κ3) is 2.25. The second-order valence-electron chi connectivity index (χ2n) is 6.08. The fourth-order valence-corrected chi connectivity index (χ4v) is 2.65. The molecule has 1 aliphatic carbocycles. The van der Waals surface area contributed by atoms with Crippen LogP contribution in [-0.2, 0) is 19.1 Å². The molecule has 0 radical (unpaired) electrons. The fourth-order valence-electron chi connectivity index (χ4n) is 2.65. The Hall–Kier alpha value is -1.06. The van der Waals surface area contributed by atoms with E-state index in [1.54, 1.807) is 0 Å². The molecule has 4 heteroatoms. The molecule has 0 N–H and O–H groups in total. The minimum absolute atomic E-state index is 0.214. The van der Waals surface area contributed by atoms with Crippen LogP contribution in [0.3, 0.4) is 0 Å². The summed E-state index contributed by atoms with van der Waals surface area (Å²) in [7, 11) is 0. The molecule has 0 amide bonds. The summed E-state index contributed by atoms with van der Waals surface area (Å²) < 4.78 is 11.0. The quantitative estimate of drug-likeness (QED) is 0.726. The molecule has 0 aromatic heterocycles. The average Bonchev–Trinajstić information content (AvgIpc) is 2.88. The smallest absolute Gasteiger partial charge is 0.311 e. The Morgan fingerprint density at radius 2 is 2.06 bits per heavy atom. The Morgan fingerprint density at radius 3 is 2.61 bits per heavy atom. The van der Waals surface area contributed by atoms with Gasteiger partial charge in [0.1, 0.15) is 5.60 Å². The van der Waals surface area contributed by atoms with Gasteiger partial charge in [-0.3, -0.25) is 9.59 Å². The molecule has 2 fully saturated rings. The maximum Gasteiger partial charge on any atom is 0.311 e. The van der Waals surface area contributed by atoms with Gasteiger partial charge >= 0.3 is 11.9 Å². The lowest BCUT2D eigenvalue weighted by Gasteiger charge is -2.31. The van der Waals surface area contributed by atoms with E-state index >= 15 is 0 Å². The van der Waals surface area contributed by atoms with E-state index in [1.165, 1.54) is 0 Å². The van der Waals surface area contributed by atoms with Crippen molar-refractivity contribution in [3.05, 3.63) is 0 Å². The molecule has 0 aromatic rings. The van der Waals surface area contributed by atoms with Crippen LogP contribution < -0.4 is 0 Å². The molecule has 2 rings (SSSR count). The Bertz CT molecular complexity index is 353. The number of hydrogen-bond donors (Lipinski definition) is 0. The van der Waals surface area contributed by atoms with Gasteiger partial charge in [0, 0.05) is 0 Å². The van der Waals surface area contributed by atoms with Crippen molar-refractivity contribution in [3.63, 3.8) is 0 Å². The zero-order valence-electron chi connectivity index (χ0n) is 11.5. The van der Waals surface area contributed by atoms with Crippen molar-refractivity contribution in [1.29, 1.82) is 0 Å². The van der Waals surface area contributed by atoms with Gasteiger partial charge in [0.2, 0.25) is 0 Å². The van der Waals surface area contributed by atoms with Crippen molar-refractivity contribution >= 4 is 11.9 Å². The predicted molar refractivity (Wildman–Crippen MR) is 65.9 cm³/mol. The van der Waals surface area contributed by atoms with Crippen molar-refractivity contribution in [2.24, 2.45) is 5.41 Å². The molecule has 4 nitrogen and oxygen atoms in total. The standard InChI is InChI=1S/C14H22O4/c1-4-13(2,3)12(16)17-10-9-11(15)18-14(10)7-5-6-8-14/h10H,4-9H2,1-3H3. The van der Waals surface area contributed by atoms with E-state index in [1.807, 2.05) is 20.8 Å². The van der Waals surface area contributed by atoms with Gasteiger partial charge in [-0.25, -0.2) is 0 Å². The van der Waals surface area contributed by atoms with Crippen LogP contribution in [0, 0.1) is 5.41 Å². The predicted octanol–water partition coefficient (Wildman–Crippen LogP) is 2.59. The number of esters is 2. The third-order valence-electron chi connectivity index (χ3n) is 4.39. The van der Waals surface area contributed by atoms with Crippen LogP contribution in [0.25, 0.3) is 0 Å². The summed E-state index contributed by atoms with van der Waals surface area (Å²) in [5.41, 5.74) is -1.01. The second kappa shape index (κ2) is 4.56. The first kappa shape index (κ1) is 13.4. The largest absolute Gasteiger partial charge is 0.457 e. The number of carbonyl (C=O) groups is 2. The maximum absolute atomic E-state index is 12.1. The highest BCUT2D eigenvalue weighted by molar-refractivity contribution is 5.78. The maximum atomic E-state index is 12.1. The molecule has 1 saturated carbocycles. The monoisotopic (exact) mass is 254 g/mol. The Morgan fingerprint density at radius 1 is 1.44 bits per heavy atom. The first-order chi connectivity index (χ1) is 8.39. The number of ether oxygens (including phenoxy) is 2. The van der Waals surface area contributed by atoms with Crippen LogP contribution in [0.1, 0.15) is 59.3 Å². The Balaban J connectivity index is 2.08. The Kier molecular flexibility index (Phi) is 3.39. The topological polar surface area (TPSA) is 52.6 Å². The molecule has 102 valence electrons. The van der Waals surface area contributed by atoms with Crippen molar-refractivity contribution < 1.29 is 19.1 Å². The number of carbonyl (C=O) groups excluding carboxylic acids is 2. The van der Waals surface area contributed by atoms with E-state index in [0.717, 1.165) is 32.1 Å². The lowest BCUT2D eigenvalue weighted by atomic mass is 9.89. The zero-order valence-corrected chi connectivity index (χ0v) is 11.5. The van der Waals surface area contributed by atoms with Crippen molar-refractivity contribution in [2.45, 2.75) is 71.0 Å². The van der Waals surface area contributed by atoms with Gasteiger partial charge in [-0.2, -0.15) is 0 Å². The molecule has 1 saturated heterocycles. The normalized spacial score (nSPS) is 26.4. The van der Waals surface area contributed by atoms with E-state index in [2.05, 4.69) is 0 Å². The van der Waals surface area contributed by atoms with Crippen LogP contribution in [0.15, 0.2) is 0 Å². The molecule has 1 unspecified atom stereocenters. The van der Waals surface area contributed by atoms with Crippen LogP contribution in [0.4, 0.5) is 0 Å². The van der Waals surface area contributed by atoms with Crippen LogP contribution >= 0.6 is 0 Å². The lowest BCUT2D eigenvalue weighted by Crippen LogP contribution is -2.41. The first-order valence-corrected chi connectivity index (χ1v) is 6.82. The fraction of sp³-hybridized carbons (Fsp3) is 0.857. The molecule has 0 bridgehead atoms. The molecular formula is C14H22O4. The first-order valence-electron chi connectivity index (χ1n) is 6.82. The van der Waals surface area contributed by atoms with E-state index in [-0.39, 0.29) is 24.5 Å². The molecule has 1 heterocycles. The van der Waals surface area contributed by atoms with E-state index < -0.39 is 11.0 Å². The minimum atomic E-state index is -0.517. The van der Waals surface area contributed by atoms with Gasteiger partial charge in [0.15, 0.2) is 6.10 Å². The zero-order chi connectivity index (χ0) is 13.4. The summed E-state index contributed by atoms with van der Waals surface area (Å²) in [4.78, 5) is 23.6. The Labute approximate surface area is 108 Å².